The number of unbranched alkanes of at least 4 members (excludes halogenated alkanes) is 1. The summed E-state index contributed by atoms with van der Waals surface area (Å²) < 4.78 is 0. The third kappa shape index (κ3) is 3.31. The number of nitrogens with one attached hydrogen (secondary N) is 1. The van der Waals surface area contributed by atoms with Crippen LogP contribution < -0.4 is 0 Å². The molecular weight excluding hydrogens is 224 g/mol. The number of aromatic amines is 1. The molecule has 4 nitrogen and oxygen atoms in total. The Balaban J connectivity index is 1.70. The van der Waals surface area contributed by atoms with Gasteiger partial charge in [0.05, 0.1) is 5.69 Å². The Morgan fingerprint density at radius 2 is 2.00 bits per heavy atom. The SMILES string of the molecule is Clc1ccc(CCCCc2ncc[nH]2)nn1. The van der Waals surface area contributed by atoms with Gasteiger partial charge in [0, 0.05) is 18.8 Å². The van der Waals surface area contributed by atoms with E-state index in [0.29, 0.717) is 5.15 Å². The van der Waals surface area contributed by atoms with Crippen LogP contribution in [-0.2, 0) is 12.8 Å². The van der Waals surface area contributed by atoms with E-state index in [1.165, 1.54) is 0 Å². The molecule has 0 aliphatic carbocycles. The quantitative estimate of drug-likeness (QED) is 0.812. The van der Waals surface area contributed by atoms with Gasteiger partial charge in [0.2, 0.25) is 0 Å². The van der Waals surface area contributed by atoms with Gasteiger partial charge < -0.3 is 4.98 Å². The van der Waals surface area contributed by atoms with Crippen LogP contribution in [0.4, 0.5) is 0 Å². The molecule has 0 unspecified atom stereocenters. The van der Waals surface area contributed by atoms with E-state index in [0.717, 1.165) is 37.2 Å². The van der Waals surface area contributed by atoms with Gasteiger partial charge in [-0.25, -0.2) is 4.98 Å². The van der Waals surface area contributed by atoms with Crippen LogP contribution in [0.2, 0.25) is 5.15 Å². The van der Waals surface area contributed by atoms with Crippen LogP contribution in [0.3, 0.4) is 0 Å². The summed E-state index contributed by atoms with van der Waals surface area (Å²) >= 11 is 5.65. The van der Waals surface area contributed by atoms with Gasteiger partial charge in [-0.1, -0.05) is 11.6 Å². The number of aromatic nitrogens is 4. The summed E-state index contributed by atoms with van der Waals surface area (Å²) in [5.74, 6) is 1.04. The molecule has 0 aliphatic rings. The molecule has 1 N–H and O–H groups in total. The standard InChI is InChI=1S/C11H13ClN4/c12-10-6-5-9(15-16-10)3-1-2-4-11-13-7-8-14-11/h5-8H,1-4H2,(H,13,14). The van der Waals surface area contributed by atoms with Gasteiger partial charge in [-0.15, -0.1) is 5.10 Å². The lowest BCUT2D eigenvalue weighted by Gasteiger charge is -1.99. The largest absolute Gasteiger partial charge is 0.349 e. The van der Waals surface area contributed by atoms with Crippen LogP contribution >= 0.6 is 11.6 Å². The highest BCUT2D eigenvalue weighted by molar-refractivity contribution is 6.29. The minimum atomic E-state index is 0.444. The number of nitrogens with zero attached hydrogens (tertiary/aromatic N) is 3. The molecule has 0 aromatic carbocycles. The second kappa shape index (κ2) is 5.61. The van der Waals surface area contributed by atoms with E-state index in [2.05, 4.69) is 20.2 Å². The molecule has 0 saturated heterocycles. The van der Waals surface area contributed by atoms with Gasteiger partial charge in [0.15, 0.2) is 5.15 Å². The maximum absolute atomic E-state index is 5.65. The smallest absolute Gasteiger partial charge is 0.151 e. The molecule has 0 amide bonds. The monoisotopic (exact) mass is 236 g/mol. The molecule has 0 radical (unpaired) electrons. The number of imidazole rings is 1. The Morgan fingerprint density at radius 3 is 2.69 bits per heavy atom. The fourth-order valence-corrected chi connectivity index (χ4v) is 1.61. The number of halogens is 1. The minimum absolute atomic E-state index is 0.444. The van der Waals surface area contributed by atoms with Crippen molar-refractivity contribution in [2.75, 3.05) is 0 Å². The second-order valence-corrected chi connectivity index (χ2v) is 3.98. The molecule has 0 spiro atoms. The third-order valence-corrected chi connectivity index (χ3v) is 2.54. The summed E-state index contributed by atoms with van der Waals surface area (Å²) in [5.41, 5.74) is 0.990. The lowest BCUT2D eigenvalue weighted by molar-refractivity contribution is 0.696. The normalized spacial score (nSPS) is 10.6. The highest BCUT2D eigenvalue weighted by Crippen LogP contribution is 2.06. The van der Waals surface area contributed by atoms with Crippen molar-refractivity contribution in [2.45, 2.75) is 25.7 Å². The lowest BCUT2D eigenvalue weighted by Crippen LogP contribution is -1.94. The molecule has 5 heteroatoms. The van der Waals surface area contributed by atoms with Gasteiger partial charge in [-0.2, -0.15) is 5.10 Å². The molecule has 84 valence electrons. The van der Waals surface area contributed by atoms with Crippen molar-refractivity contribution < 1.29 is 0 Å². The maximum Gasteiger partial charge on any atom is 0.151 e. The first kappa shape index (κ1) is 11.1. The van der Waals surface area contributed by atoms with Crippen LogP contribution in [0.15, 0.2) is 24.5 Å². The van der Waals surface area contributed by atoms with E-state index >= 15 is 0 Å². The molecule has 2 rings (SSSR count). The van der Waals surface area contributed by atoms with Gasteiger partial charge >= 0.3 is 0 Å². The molecule has 2 heterocycles. The predicted octanol–water partition coefficient (Wildman–Crippen LogP) is 2.42. The average Bonchev–Trinajstić information content (AvgIpc) is 2.80. The van der Waals surface area contributed by atoms with Gasteiger partial charge in [-0.3, -0.25) is 0 Å². The Labute approximate surface area is 99.1 Å². The van der Waals surface area contributed by atoms with E-state index in [9.17, 15) is 0 Å². The second-order valence-electron chi connectivity index (χ2n) is 3.59. The third-order valence-electron chi connectivity index (χ3n) is 2.34. The van der Waals surface area contributed by atoms with E-state index in [1.807, 2.05) is 12.3 Å². The summed E-state index contributed by atoms with van der Waals surface area (Å²) in [6.07, 6.45) is 7.72. The maximum atomic E-state index is 5.65. The summed E-state index contributed by atoms with van der Waals surface area (Å²) in [6, 6.07) is 3.69. The summed E-state index contributed by atoms with van der Waals surface area (Å²) in [5, 5.41) is 8.26. The summed E-state index contributed by atoms with van der Waals surface area (Å²) in [6.45, 7) is 0. The van der Waals surface area contributed by atoms with Crippen LogP contribution in [-0.4, -0.2) is 20.2 Å². The zero-order valence-electron chi connectivity index (χ0n) is 8.86. The van der Waals surface area contributed by atoms with Crippen molar-refractivity contribution in [1.29, 1.82) is 0 Å². The number of rotatable bonds is 5. The van der Waals surface area contributed by atoms with Crippen molar-refractivity contribution in [3.8, 4) is 0 Å². The van der Waals surface area contributed by atoms with Gasteiger partial charge in [0.1, 0.15) is 5.82 Å². The molecule has 0 atom stereocenters. The van der Waals surface area contributed by atoms with Crippen LogP contribution in [0.1, 0.15) is 24.4 Å². The Morgan fingerprint density at radius 1 is 1.12 bits per heavy atom. The van der Waals surface area contributed by atoms with E-state index in [1.54, 1.807) is 12.3 Å². The van der Waals surface area contributed by atoms with Gasteiger partial charge in [-0.05, 0) is 31.4 Å². The lowest BCUT2D eigenvalue weighted by atomic mass is 10.1. The zero-order valence-corrected chi connectivity index (χ0v) is 9.61. The molecular formula is C11H13ClN4. The van der Waals surface area contributed by atoms with Crippen molar-refractivity contribution in [3.05, 3.63) is 41.2 Å². The van der Waals surface area contributed by atoms with Gasteiger partial charge in [0.25, 0.3) is 0 Å². The first-order chi connectivity index (χ1) is 7.84. The first-order valence-electron chi connectivity index (χ1n) is 5.31. The number of aryl methyl sites for hydroxylation is 2. The van der Waals surface area contributed by atoms with Crippen LogP contribution in [0, 0.1) is 0 Å². The fraction of sp³-hybridized carbons (Fsp3) is 0.364. The minimum Gasteiger partial charge on any atom is -0.349 e. The highest BCUT2D eigenvalue weighted by Gasteiger charge is 1.98. The topological polar surface area (TPSA) is 54.5 Å². The Bertz CT molecular complexity index is 410. The number of hydrogen-bond donors (Lipinski definition) is 1. The van der Waals surface area contributed by atoms with Crippen molar-refractivity contribution >= 4 is 11.6 Å². The van der Waals surface area contributed by atoms with Crippen molar-refractivity contribution in [1.82, 2.24) is 20.2 Å². The molecule has 2 aromatic rings. The van der Waals surface area contributed by atoms with E-state index in [-0.39, 0.29) is 0 Å². The molecule has 0 saturated carbocycles. The summed E-state index contributed by atoms with van der Waals surface area (Å²) in [4.78, 5) is 7.26. The molecule has 2 aromatic heterocycles. The predicted molar refractivity (Wildman–Crippen MR) is 62.3 cm³/mol. The number of hydrogen-bond acceptors (Lipinski definition) is 3. The van der Waals surface area contributed by atoms with Crippen LogP contribution in [0.5, 0.6) is 0 Å². The van der Waals surface area contributed by atoms with Crippen molar-refractivity contribution in [3.63, 3.8) is 0 Å². The molecule has 0 fully saturated rings. The average molecular weight is 237 g/mol. The molecule has 16 heavy (non-hydrogen) atoms. The number of H-pyrrole nitrogens is 1. The van der Waals surface area contributed by atoms with E-state index in [4.69, 9.17) is 11.6 Å². The van der Waals surface area contributed by atoms with E-state index < -0.39 is 0 Å². The zero-order chi connectivity index (χ0) is 11.2. The van der Waals surface area contributed by atoms with Crippen LogP contribution in [0.25, 0.3) is 0 Å². The first-order valence-corrected chi connectivity index (χ1v) is 5.69. The Hall–Kier alpha value is -1.42. The molecule has 0 bridgehead atoms. The van der Waals surface area contributed by atoms with Crippen molar-refractivity contribution in [2.24, 2.45) is 0 Å². The fourth-order valence-electron chi connectivity index (χ4n) is 1.51. The highest BCUT2D eigenvalue weighted by atomic mass is 35.5. The summed E-state index contributed by atoms with van der Waals surface area (Å²) in [7, 11) is 0. The molecule has 0 aliphatic heterocycles. The Kier molecular flexibility index (Phi) is 3.88.